The van der Waals surface area contributed by atoms with Crippen molar-refractivity contribution >= 4 is 0 Å². The molecule has 1 aliphatic heterocycles. The number of ether oxygens (including phenoxy) is 1. The molecule has 0 amide bonds. The highest BCUT2D eigenvalue weighted by molar-refractivity contribution is 5.23. The zero-order valence-electron chi connectivity index (χ0n) is 13.6. The van der Waals surface area contributed by atoms with Gasteiger partial charge in [0.2, 0.25) is 0 Å². The molecule has 3 nitrogen and oxygen atoms in total. The maximum absolute atomic E-state index is 5.76. The lowest BCUT2D eigenvalue weighted by Gasteiger charge is -2.24. The van der Waals surface area contributed by atoms with Crippen molar-refractivity contribution in [2.24, 2.45) is 0 Å². The smallest absolute Gasteiger partial charge is 0.0702 e. The lowest BCUT2D eigenvalue weighted by atomic mass is 10.1. The van der Waals surface area contributed by atoms with Gasteiger partial charge < -0.3 is 10.1 Å². The second-order valence-corrected chi connectivity index (χ2v) is 5.96. The average Bonchev–Trinajstić information content (AvgIpc) is 3.00. The Morgan fingerprint density at radius 1 is 1.29 bits per heavy atom. The average molecular weight is 290 g/mol. The number of hydrogen-bond acceptors (Lipinski definition) is 3. The van der Waals surface area contributed by atoms with E-state index in [2.05, 4.69) is 48.3 Å². The van der Waals surface area contributed by atoms with Gasteiger partial charge >= 0.3 is 0 Å². The van der Waals surface area contributed by atoms with E-state index in [1.54, 1.807) is 0 Å². The minimum absolute atomic E-state index is 0.444. The minimum atomic E-state index is 0.444. The Morgan fingerprint density at radius 3 is 2.86 bits per heavy atom. The van der Waals surface area contributed by atoms with Crippen LogP contribution in [0.1, 0.15) is 44.2 Å². The van der Waals surface area contributed by atoms with Crippen molar-refractivity contribution < 1.29 is 4.74 Å². The topological polar surface area (TPSA) is 24.5 Å². The summed E-state index contributed by atoms with van der Waals surface area (Å²) in [4.78, 5) is 2.49. The molecule has 0 aliphatic carbocycles. The fourth-order valence-electron chi connectivity index (χ4n) is 2.89. The largest absolute Gasteiger partial charge is 0.377 e. The van der Waals surface area contributed by atoms with Crippen LogP contribution < -0.4 is 5.32 Å². The van der Waals surface area contributed by atoms with Gasteiger partial charge in [0.05, 0.1) is 6.10 Å². The molecule has 1 fully saturated rings. The molecule has 1 N–H and O–H groups in total. The van der Waals surface area contributed by atoms with Crippen LogP contribution in [0.15, 0.2) is 24.3 Å². The van der Waals surface area contributed by atoms with E-state index in [-0.39, 0.29) is 0 Å². The summed E-state index contributed by atoms with van der Waals surface area (Å²) in [5.41, 5.74) is 2.79. The molecule has 1 heterocycles. The summed E-state index contributed by atoms with van der Waals surface area (Å²) in [5, 5.41) is 3.47. The fourth-order valence-corrected chi connectivity index (χ4v) is 2.89. The van der Waals surface area contributed by atoms with Gasteiger partial charge in [-0.25, -0.2) is 0 Å². The highest BCUT2D eigenvalue weighted by Crippen LogP contribution is 2.15. The second kappa shape index (κ2) is 9.19. The van der Waals surface area contributed by atoms with E-state index in [9.17, 15) is 0 Å². The Balaban J connectivity index is 1.85. The standard InChI is InChI=1S/C18H30N2O/c1-3-10-19-13-16-7-5-8-17(12-16)14-20(4-2)15-18-9-6-11-21-18/h5,7-8,12,18-19H,3-4,6,9-11,13-15H2,1-2H3. The molecule has 3 heteroatoms. The molecule has 1 atom stereocenters. The van der Waals surface area contributed by atoms with E-state index >= 15 is 0 Å². The van der Waals surface area contributed by atoms with Crippen molar-refractivity contribution in [3.8, 4) is 0 Å². The first-order valence-corrected chi connectivity index (χ1v) is 8.44. The number of nitrogens with zero attached hydrogens (tertiary/aromatic N) is 1. The molecular weight excluding hydrogens is 260 g/mol. The predicted octanol–water partition coefficient (Wildman–Crippen LogP) is 3.19. The normalized spacial score (nSPS) is 18.5. The Morgan fingerprint density at radius 2 is 2.14 bits per heavy atom. The molecular formula is C18H30N2O. The predicted molar refractivity (Wildman–Crippen MR) is 88.4 cm³/mol. The van der Waals surface area contributed by atoms with Crippen molar-refractivity contribution in [2.75, 3.05) is 26.2 Å². The van der Waals surface area contributed by atoms with E-state index in [0.717, 1.165) is 39.3 Å². The lowest BCUT2D eigenvalue weighted by Crippen LogP contribution is -2.31. The first kappa shape index (κ1) is 16.5. The maximum Gasteiger partial charge on any atom is 0.0702 e. The molecule has 2 rings (SSSR count). The minimum Gasteiger partial charge on any atom is -0.377 e. The van der Waals surface area contributed by atoms with E-state index < -0.39 is 0 Å². The van der Waals surface area contributed by atoms with Gasteiger partial charge in [0.15, 0.2) is 0 Å². The van der Waals surface area contributed by atoms with E-state index in [4.69, 9.17) is 4.74 Å². The Hall–Kier alpha value is -0.900. The summed E-state index contributed by atoms with van der Waals surface area (Å²) >= 11 is 0. The highest BCUT2D eigenvalue weighted by Gasteiger charge is 2.18. The number of benzene rings is 1. The summed E-state index contributed by atoms with van der Waals surface area (Å²) < 4.78 is 5.76. The quantitative estimate of drug-likeness (QED) is 0.707. The van der Waals surface area contributed by atoms with Crippen molar-refractivity contribution in [1.29, 1.82) is 0 Å². The molecule has 0 bridgehead atoms. The number of likely N-dealkylation sites (N-methyl/N-ethyl adjacent to an activating group) is 1. The Bertz CT molecular complexity index is 402. The highest BCUT2D eigenvalue weighted by atomic mass is 16.5. The molecule has 1 unspecified atom stereocenters. The van der Waals surface area contributed by atoms with Crippen molar-refractivity contribution in [2.45, 2.75) is 52.3 Å². The third kappa shape index (κ3) is 5.77. The molecule has 21 heavy (non-hydrogen) atoms. The fraction of sp³-hybridized carbons (Fsp3) is 0.667. The molecule has 1 aliphatic rings. The van der Waals surface area contributed by atoms with Crippen LogP contribution in [-0.4, -0.2) is 37.2 Å². The van der Waals surface area contributed by atoms with Gasteiger partial charge in [-0.15, -0.1) is 0 Å². The van der Waals surface area contributed by atoms with E-state index in [1.807, 2.05) is 0 Å². The SMILES string of the molecule is CCCNCc1cccc(CN(CC)CC2CCCO2)c1. The first-order chi connectivity index (χ1) is 10.3. The van der Waals surface area contributed by atoms with Gasteiger partial charge in [-0.1, -0.05) is 38.1 Å². The summed E-state index contributed by atoms with van der Waals surface area (Å²) in [6, 6.07) is 8.96. The van der Waals surface area contributed by atoms with Gasteiger partial charge in [0.25, 0.3) is 0 Å². The summed E-state index contributed by atoms with van der Waals surface area (Å²) in [5.74, 6) is 0. The maximum atomic E-state index is 5.76. The number of rotatable bonds is 9. The summed E-state index contributed by atoms with van der Waals surface area (Å²) in [6.45, 7) is 10.6. The van der Waals surface area contributed by atoms with E-state index in [0.29, 0.717) is 6.10 Å². The second-order valence-electron chi connectivity index (χ2n) is 5.96. The third-order valence-electron chi connectivity index (χ3n) is 4.09. The first-order valence-electron chi connectivity index (χ1n) is 8.44. The Labute approximate surface area is 129 Å². The van der Waals surface area contributed by atoms with E-state index in [1.165, 1.54) is 30.4 Å². The van der Waals surface area contributed by atoms with Crippen molar-refractivity contribution in [1.82, 2.24) is 10.2 Å². The molecule has 0 aromatic heterocycles. The summed E-state index contributed by atoms with van der Waals surface area (Å²) in [7, 11) is 0. The zero-order chi connectivity index (χ0) is 14.9. The van der Waals surface area contributed by atoms with Crippen LogP contribution in [0.2, 0.25) is 0 Å². The number of hydrogen-bond donors (Lipinski definition) is 1. The molecule has 118 valence electrons. The monoisotopic (exact) mass is 290 g/mol. The van der Waals surface area contributed by atoms with Gasteiger partial charge in [-0.2, -0.15) is 0 Å². The third-order valence-corrected chi connectivity index (χ3v) is 4.09. The zero-order valence-corrected chi connectivity index (χ0v) is 13.6. The van der Waals surface area contributed by atoms with Gasteiger partial charge in [-0.3, -0.25) is 4.90 Å². The number of nitrogens with one attached hydrogen (secondary N) is 1. The molecule has 0 spiro atoms. The van der Waals surface area contributed by atoms with Gasteiger partial charge in [0.1, 0.15) is 0 Å². The van der Waals surface area contributed by atoms with Crippen LogP contribution in [0.3, 0.4) is 0 Å². The van der Waals surface area contributed by atoms with Crippen molar-refractivity contribution in [3.05, 3.63) is 35.4 Å². The van der Waals surface area contributed by atoms with Crippen LogP contribution in [0.25, 0.3) is 0 Å². The van der Waals surface area contributed by atoms with Crippen LogP contribution in [-0.2, 0) is 17.8 Å². The summed E-state index contributed by atoms with van der Waals surface area (Å²) in [6.07, 6.45) is 4.07. The van der Waals surface area contributed by atoms with Crippen LogP contribution in [0, 0.1) is 0 Å². The van der Waals surface area contributed by atoms with Crippen LogP contribution >= 0.6 is 0 Å². The molecule has 1 saturated heterocycles. The van der Waals surface area contributed by atoms with Crippen LogP contribution in [0.4, 0.5) is 0 Å². The molecule has 1 aromatic carbocycles. The van der Waals surface area contributed by atoms with Crippen molar-refractivity contribution in [3.63, 3.8) is 0 Å². The molecule has 0 radical (unpaired) electrons. The lowest BCUT2D eigenvalue weighted by molar-refractivity contribution is 0.0725. The van der Waals surface area contributed by atoms with Gasteiger partial charge in [0, 0.05) is 26.2 Å². The molecule has 1 aromatic rings. The van der Waals surface area contributed by atoms with Crippen LogP contribution in [0.5, 0.6) is 0 Å². The van der Waals surface area contributed by atoms with Gasteiger partial charge in [-0.05, 0) is 43.5 Å². The molecule has 0 saturated carbocycles. The Kier molecular flexibility index (Phi) is 7.20.